The quantitative estimate of drug-likeness (QED) is 0.432. The average molecular weight is 429 g/mol. The summed E-state index contributed by atoms with van der Waals surface area (Å²) in [6.45, 7) is 2.21. The van der Waals surface area contributed by atoms with Gasteiger partial charge in [0.15, 0.2) is 0 Å². The van der Waals surface area contributed by atoms with Crippen molar-refractivity contribution in [3.8, 4) is 0 Å². The van der Waals surface area contributed by atoms with Crippen LogP contribution in [0.3, 0.4) is 0 Å². The first-order valence-electron chi connectivity index (χ1n) is 8.82. The van der Waals surface area contributed by atoms with Crippen molar-refractivity contribution in [2.24, 2.45) is 0 Å². The summed E-state index contributed by atoms with van der Waals surface area (Å²) in [6.07, 6.45) is 1.34. The summed E-state index contributed by atoms with van der Waals surface area (Å²) in [5.74, 6) is 0. The largest absolute Gasteiger partial charge is 0.0881 e. The van der Waals surface area contributed by atoms with Crippen molar-refractivity contribution in [1.82, 2.24) is 0 Å². The fourth-order valence-corrected chi connectivity index (χ4v) is 4.84. The zero-order valence-electron chi connectivity index (χ0n) is 15.1. The zero-order chi connectivity index (χ0) is 17.0. The Hall–Kier alpha value is -1.09. The van der Waals surface area contributed by atoms with Gasteiger partial charge in [0.25, 0.3) is 0 Å². The summed E-state index contributed by atoms with van der Waals surface area (Å²) >= 11 is 0. The normalized spacial score (nSPS) is 9.36. The number of hydrogen-bond donors (Lipinski definition) is 0. The summed E-state index contributed by atoms with van der Waals surface area (Å²) in [5, 5.41) is 4.19. The Kier molecular flexibility index (Phi) is 11.6. The van der Waals surface area contributed by atoms with E-state index in [4.69, 9.17) is 0 Å². The van der Waals surface area contributed by atoms with Gasteiger partial charge in [-0.3, -0.25) is 0 Å². The van der Waals surface area contributed by atoms with Gasteiger partial charge in [-0.1, -0.05) is 104 Å². The molecule has 0 spiro atoms. The molecule has 0 fully saturated rings. The molecule has 0 atom stereocenters. The Balaban J connectivity index is 0.000000462. The van der Waals surface area contributed by atoms with E-state index in [-0.39, 0.29) is 19.5 Å². The molecule has 5 heteroatoms. The SMILES string of the molecule is BBBCC.[Ru].c1ccc(P(c2ccccc2)c2ccccc2)cc1. The third-order valence-corrected chi connectivity index (χ3v) is 6.19. The van der Waals surface area contributed by atoms with Crippen molar-refractivity contribution >= 4 is 45.8 Å². The number of rotatable bonds is 5. The minimum atomic E-state index is -0.446. The standard InChI is InChI=1S/C18H15P.C2H9B3.Ru/c1-4-10-16(11-5-1)19(17-12-6-2-7-13-17)18-14-8-3-9-15-18;1-2-4-5-3;/h1-15H;4-5H,2-3H2,1H3;. The maximum atomic E-state index is 2.23. The van der Waals surface area contributed by atoms with Crippen LogP contribution in [0.25, 0.3) is 0 Å². The monoisotopic (exact) mass is 430 g/mol. The van der Waals surface area contributed by atoms with Gasteiger partial charge in [-0.05, 0) is 23.8 Å². The molecule has 0 radical (unpaired) electrons. The summed E-state index contributed by atoms with van der Waals surface area (Å²) in [4.78, 5) is 0. The second-order valence-corrected chi connectivity index (χ2v) is 7.92. The average Bonchev–Trinajstić information content (AvgIpc) is 2.66. The number of benzene rings is 3. The van der Waals surface area contributed by atoms with Gasteiger partial charge < -0.3 is 0 Å². The Morgan fingerprint density at radius 3 is 1.20 bits per heavy atom. The Bertz CT molecular complexity index is 585. The summed E-state index contributed by atoms with van der Waals surface area (Å²) in [5.41, 5.74) is 0. The topological polar surface area (TPSA) is 0 Å². The molecule has 3 aromatic rings. The van der Waals surface area contributed by atoms with Gasteiger partial charge in [-0.2, -0.15) is 0 Å². The fraction of sp³-hybridized carbons (Fsp3) is 0.100. The molecule has 0 unspecified atom stereocenters. The van der Waals surface area contributed by atoms with Crippen LogP contribution in [-0.2, 0) is 19.5 Å². The molecular weight excluding hydrogens is 405 g/mol. The van der Waals surface area contributed by atoms with Crippen LogP contribution in [0.2, 0.25) is 6.32 Å². The molecule has 0 aliphatic rings. The van der Waals surface area contributed by atoms with E-state index < -0.39 is 7.92 Å². The van der Waals surface area contributed by atoms with E-state index in [0.717, 1.165) is 0 Å². The molecule has 0 saturated heterocycles. The van der Waals surface area contributed by atoms with Crippen molar-refractivity contribution in [3.63, 3.8) is 0 Å². The molecule has 0 nitrogen and oxygen atoms in total. The Labute approximate surface area is 169 Å². The van der Waals surface area contributed by atoms with Crippen LogP contribution in [0.4, 0.5) is 0 Å². The second-order valence-electron chi connectivity index (χ2n) is 5.70. The van der Waals surface area contributed by atoms with Crippen LogP contribution in [0.1, 0.15) is 6.92 Å². The molecule has 0 bridgehead atoms. The number of hydrogen-bond acceptors (Lipinski definition) is 0. The van der Waals surface area contributed by atoms with E-state index in [1.165, 1.54) is 36.5 Å². The van der Waals surface area contributed by atoms with Crippen LogP contribution >= 0.6 is 7.92 Å². The van der Waals surface area contributed by atoms with Crippen molar-refractivity contribution in [2.75, 3.05) is 0 Å². The fourth-order valence-electron chi connectivity index (χ4n) is 2.53. The van der Waals surface area contributed by atoms with Gasteiger partial charge in [0.2, 0.25) is 0 Å². The molecule has 0 aliphatic heterocycles. The van der Waals surface area contributed by atoms with E-state index in [2.05, 4.69) is 106 Å². The first kappa shape index (κ1) is 22.0. The van der Waals surface area contributed by atoms with Crippen molar-refractivity contribution < 1.29 is 19.5 Å². The van der Waals surface area contributed by atoms with Gasteiger partial charge in [0.05, 0.1) is 22.0 Å². The first-order chi connectivity index (χ1) is 11.9. The van der Waals surface area contributed by atoms with Gasteiger partial charge in [-0.15, -0.1) is 0 Å². The van der Waals surface area contributed by atoms with Gasteiger partial charge in [-0.25, -0.2) is 0 Å². The zero-order valence-corrected chi connectivity index (χ0v) is 17.7. The van der Waals surface area contributed by atoms with Crippen LogP contribution in [-0.4, -0.2) is 22.0 Å². The predicted octanol–water partition coefficient (Wildman–Crippen LogP) is 2.20. The molecule has 0 aliphatic carbocycles. The Morgan fingerprint density at radius 1 is 0.680 bits per heavy atom. The Morgan fingerprint density at radius 2 is 1.00 bits per heavy atom. The van der Waals surface area contributed by atoms with Crippen molar-refractivity contribution in [1.29, 1.82) is 0 Å². The van der Waals surface area contributed by atoms with Crippen LogP contribution < -0.4 is 15.9 Å². The summed E-state index contributed by atoms with van der Waals surface area (Å²) < 4.78 is 0. The molecule has 0 saturated carbocycles. The third kappa shape index (κ3) is 7.35. The van der Waals surface area contributed by atoms with Crippen LogP contribution in [0, 0.1) is 0 Å². The predicted molar refractivity (Wildman–Crippen MR) is 118 cm³/mol. The maximum absolute atomic E-state index is 2.23. The third-order valence-electron chi connectivity index (χ3n) is 3.75. The van der Waals surface area contributed by atoms with Gasteiger partial charge >= 0.3 is 0 Å². The molecule has 126 valence electrons. The molecule has 0 amide bonds. The molecule has 0 N–H and O–H groups in total. The molecule has 0 aromatic heterocycles. The second kappa shape index (κ2) is 13.2. The minimum Gasteiger partial charge on any atom is -0.0881 e. The first-order valence-corrected chi connectivity index (χ1v) is 10.2. The minimum absolute atomic E-state index is 0. The van der Waals surface area contributed by atoms with Crippen LogP contribution in [0.15, 0.2) is 91.0 Å². The van der Waals surface area contributed by atoms with Crippen molar-refractivity contribution in [3.05, 3.63) is 91.0 Å². The van der Waals surface area contributed by atoms with E-state index in [9.17, 15) is 0 Å². The molecule has 3 rings (SSSR count). The maximum Gasteiger partial charge on any atom is 0.0776 e. The van der Waals surface area contributed by atoms with E-state index in [0.29, 0.717) is 0 Å². The molecule has 25 heavy (non-hydrogen) atoms. The van der Waals surface area contributed by atoms with E-state index in [1.807, 2.05) is 0 Å². The van der Waals surface area contributed by atoms with Gasteiger partial charge in [0.1, 0.15) is 0 Å². The van der Waals surface area contributed by atoms with Crippen LogP contribution in [0.5, 0.6) is 0 Å². The summed E-state index contributed by atoms with van der Waals surface area (Å²) in [7, 11) is 4.50. The van der Waals surface area contributed by atoms with Crippen molar-refractivity contribution in [2.45, 2.75) is 13.2 Å². The van der Waals surface area contributed by atoms with E-state index in [1.54, 1.807) is 0 Å². The smallest absolute Gasteiger partial charge is 0.0776 e. The van der Waals surface area contributed by atoms with E-state index >= 15 is 0 Å². The summed E-state index contributed by atoms with van der Waals surface area (Å²) in [6, 6.07) is 32.3. The molecule has 0 heterocycles. The molecular formula is C20H24B3PRu. The molecule has 3 aromatic carbocycles. The van der Waals surface area contributed by atoms with Gasteiger partial charge in [0, 0.05) is 19.5 Å².